The van der Waals surface area contributed by atoms with Crippen molar-refractivity contribution >= 4 is 15.7 Å². The minimum absolute atomic E-state index is 0.0261. The maximum Gasteiger partial charge on any atom is 0.243 e. The molecule has 0 aliphatic carbocycles. The predicted octanol–water partition coefficient (Wildman–Crippen LogP) is 2.28. The van der Waals surface area contributed by atoms with E-state index in [4.69, 9.17) is 4.42 Å². The number of para-hydroxylation sites is 1. The number of benzene rings is 1. The summed E-state index contributed by atoms with van der Waals surface area (Å²) in [7, 11) is -3.62. The topological polar surface area (TPSA) is 84.2 Å². The van der Waals surface area contributed by atoms with Gasteiger partial charge in [0.25, 0.3) is 0 Å². The summed E-state index contributed by atoms with van der Waals surface area (Å²) in [4.78, 5) is 4.20. The van der Waals surface area contributed by atoms with Gasteiger partial charge in [0.15, 0.2) is 0 Å². The molecule has 0 saturated carbocycles. The molecule has 0 aliphatic rings. The quantitative estimate of drug-likeness (QED) is 0.819. The molecule has 1 heterocycles. The molecule has 7 heteroatoms. The largest absolute Gasteiger partial charge is 0.445 e. The lowest BCUT2D eigenvalue weighted by Gasteiger charge is -2.12. The van der Waals surface area contributed by atoms with Crippen LogP contribution in [0.5, 0.6) is 0 Å². The van der Waals surface area contributed by atoms with Crippen LogP contribution in [0.4, 0.5) is 5.69 Å². The van der Waals surface area contributed by atoms with Crippen LogP contribution in [0.15, 0.2) is 39.8 Å². The molecule has 0 atom stereocenters. The van der Waals surface area contributed by atoms with Crippen molar-refractivity contribution in [1.82, 2.24) is 9.71 Å². The Hall–Kier alpha value is -1.86. The Bertz CT molecular complexity index is 695. The van der Waals surface area contributed by atoms with Crippen LogP contribution in [0.2, 0.25) is 0 Å². The van der Waals surface area contributed by atoms with Crippen molar-refractivity contribution in [2.24, 2.45) is 0 Å². The lowest BCUT2D eigenvalue weighted by Crippen LogP contribution is -2.24. The Morgan fingerprint density at radius 1 is 1.29 bits per heavy atom. The van der Waals surface area contributed by atoms with Crippen LogP contribution in [-0.4, -0.2) is 19.9 Å². The Labute approximate surface area is 124 Å². The number of hydrogen-bond donors (Lipinski definition) is 2. The molecule has 21 heavy (non-hydrogen) atoms. The Kier molecular flexibility index (Phi) is 4.98. The van der Waals surface area contributed by atoms with Crippen molar-refractivity contribution in [3.63, 3.8) is 0 Å². The number of aromatic nitrogens is 1. The van der Waals surface area contributed by atoms with Crippen molar-refractivity contribution in [2.45, 2.75) is 31.7 Å². The van der Waals surface area contributed by atoms with Gasteiger partial charge < -0.3 is 9.73 Å². The van der Waals surface area contributed by atoms with E-state index < -0.39 is 10.0 Å². The Balaban J connectivity index is 2.15. The van der Waals surface area contributed by atoms with E-state index in [2.05, 4.69) is 15.0 Å². The van der Waals surface area contributed by atoms with Crippen LogP contribution in [0.3, 0.4) is 0 Å². The average Bonchev–Trinajstić information content (AvgIpc) is 2.89. The van der Waals surface area contributed by atoms with Gasteiger partial charge in [0, 0.05) is 6.54 Å². The van der Waals surface area contributed by atoms with E-state index in [0.717, 1.165) is 6.42 Å². The maximum atomic E-state index is 12.4. The molecule has 0 amide bonds. The molecule has 0 unspecified atom stereocenters. The van der Waals surface area contributed by atoms with Crippen molar-refractivity contribution in [1.29, 1.82) is 0 Å². The molecule has 0 fully saturated rings. The Morgan fingerprint density at radius 3 is 2.71 bits per heavy atom. The van der Waals surface area contributed by atoms with Gasteiger partial charge in [0.05, 0.1) is 18.4 Å². The number of sulfonamides is 1. The van der Waals surface area contributed by atoms with Gasteiger partial charge in [0.2, 0.25) is 15.9 Å². The van der Waals surface area contributed by atoms with Crippen LogP contribution >= 0.6 is 0 Å². The fourth-order valence-corrected chi connectivity index (χ4v) is 2.98. The van der Waals surface area contributed by atoms with Crippen molar-refractivity contribution in [2.75, 3.05) is 11.9 Å². The van der Waals surface area contributed by atoms with Crippen LogP contribution in [-0.2, 0) is 16.6 Å². The van der Waals surface area contributed by atoms with Gasteiger partial charge in [-0.25, -0.2) is 18.1 Å². The summed E-state index contributed by atoms with van der Waals surface area (Å²) in [6.45, 7) is 4.52. The first kappa shape index (κ1) is 15.5. The molecule has 0 radical (unpaired) electrons. The third-order valence-corrected chi connectivity index (χ3v) is 4.28. The average molecular weight is 309 g/mol. The highest BCUT2D eigenvalue weighted by Gasteiger charge is 2.18. The lowest BCUT2D eigenvalue weighted by atomic mass is 10.3. The summed E-state index contributed by atoms with van der Waals surface area (Å²) < 4.78 is 32.5. The molecule has 0 spiro atoms. The van der Waals surface area contributed by atoms with E-state index in [1.54, 1.807) is 37.4 Å². The van der Waals surface area contributed by atoms with Crippen LogP contribution in [0.1, 0.15) is 25.0 Å². The first-order valence-corrected chi connectivity index (χ1v) is 8.25. The first-order chi connectivity index (χ1) is 10.0. The van der Waals surface area contributed by atoms with E-state index in [9.17, 15) is 8.42 Å². The third-order valence-electron chi connectivity index (χ3n) is 2.82. The number of anilines is 1. The zero-order valence-corrected chi connectivity index (χ0v) is 12.9. The smallest absolute Gasteiger partial charge is 0.243 e. The highest BCUT2D eigenvalue weighted by Crippen LogP contribution is 2.20. The predicted molar refractivity (Wildman–Crippen MR) is 80.5 cm³/mol. The molecule has 1 aromatic heterocycles. The van der Waals surface area contributed by atoms with Gasteiger partial charge in [-0.1, -0.05) is 19.1 Å². The minimum atomic E-state index is -3.62. The van der Waals surface area contributed by atoms with E-state index in [1.807, 2.05) is 6.92 Å². The van der Waals surface area contributed by atoms with Gasteiger partial charge in [0.1, 0.15) is 10.7 Å². The third kappa shape index (κ3) is 4.05. The Morgan fingerprint density at radius 2 is 2.05 bits per heavy atom. The molecule has 0 saturated heterocycles. The monoisotopic (exact) mass is 309 g/mol. The highest BCUT2D eigenvalue weighted by molar-refractivity contribution is 7.89. The second kappa shape index (κ2) is 6.73. The molecular formula is C14H19N3O3S. The van der Waals surface area contributed by atoms with Crippen LogP contribution < -0.4 is 10.0 Å². The van der Waals surface area contributed by atoms with Crippen molar-refractivity contribution in [3.8, 4) is 0 Å². The lowest BCUT2D eigenvalue weighted by molar-refractivity contribution is 0.463. The summed E-state index contributed by atoms with van der Waals surface area (Å²) in [5, 5.41) is 3.11. The fraction of sp³-hybridized carbons (Fsp3) is 0.357. The van der Waals surface area contributed by atoms with Crippen LogP contribution in [0.25, 0.3) is 0 Å². The summed E-state index contributed by atoms with van der Waals surface area (Å²) in [5.74, 6) is 0.990. The van der Waals surface area contributed by atoms with E-state index in [0.29, 0.717) is 23.9 Å². The normalized spacial score (nSPS) is 11.5. The van der Waals surface area contributed by atoms with E-state index >= 15 is 0 Å². The maximum absolute atomic E-state index is 12.4. The summed E-state index contributed by atoms with van der Waals surface area (Å²) in [6.07, 6.45) is 2.47. The molecule has 2 N–H and O–H groups in total. The van der Waals surface area contributed by atoms with Gasteiger partial charge >= 0.3 is 0 Å². The highest BCUT2D eigenvalue weighted by atomic mass is 32.2. The molecule has 114 valence electrons. The zero-order valence-electron chi connectivity index (χ0n) is 12.1. The van der Waals surface area contributed by atoms with Crippen LogP contribution in [0, 0.1) is 6.92 Å². The number of oxazole rings is 1. The molecule has 0 bridgehead atoms. The van der Waals surface area contributed by atoms with Gasteiger partial charge in [-0.15, -0.1) is 0 Å². The van der Waals surface area contributed by atoms with Crippen molar-refractivity contribution < 1.29 is 12.8 Å². The van der Waals surface area contributed by atoms with Gasteiger partial charge in [-0.05, 0) is 25.5 Å². The second-order valence-electron chi connectivity index (χ2n) is 4.61. The number of aryl methyl sites for hydroxylation is 1. The molecular weight excluding hydrogens is 290 g/mol. The number of nitrogens with one attached hydrogen (secondary N) is 2. The van der Waals surface area contributed by atoms with E-state index in [1.165, 1.54) is 0 Å². The standard InChI is InChI=1S/C14H19N3O3S/c1-3-8-15-12-6-4-5-7-13(12)21(18,19)17-10-14-16-9-11(2)20-14/h4-7,9,15,17H,3,8,10H2,1-2H3. The fourth-order valence-electron chi connectivity index (χ4n) is 1.82. The van der Waals surface area contributed by atoms with Gasteiger partial charge in [-0.3, -0.25) is 0 Å². The summed E-state index contributed by atoms with van der Waals surface area (Å²) in [6, 6.07) is 6.82. The molecule has 2 rings (SSSR count). The SMILES string of the molecule is CCCNc1ccccc1S(=O)(=O)NCc1ncc(C)o1. The molecule has 1 aromatic carbocycles. The number of nitrogens with zero attached hydrogens (tertiary/aromatic N) is 1. The zero-order chi connectivity index (χ0) is 15.3. The summed E-state index contributed by atoms with van der Waals surface area (Å²) in [5.41, 5.74) is 0.593. The van der Waals surface area contributed by atoms with Crippen molar-refractivity contribution in [3.05, 3.63) is 42.1 Å². The summed E-state index contributed by atoms with van der Waals surface area (Å²) >= 11 is 0. The first-order valence-electron chi connectivity index (χ1n) is 6.77. The molecule has 6 nitrogen and oxygen atoms in total. The number of rotatable bonds is 7. The molecule has 0 aliphatic heterocycles. The number of hydrogen-bond acceptors (Lipinski definition) is 5. The molecule has 2 aromatic rings. The minimum Gasteiger partial charge on any atom is -0.445 e. The van der Waals surface area contributed by atoms with Gasteiger partial charge in [-0.2, -0.15) is 0 Å². The second-order valence-corrected chi connectivity index (χ2v) is 6.35. The van der Waals surface area contributed by atoms with E-state index in [-0.39, 0.29) is 11.4 Å².